The molecule has 1 fully saturated rings. The molecule has 0 spiro atoms. The van der Waals surface area contributed by atoms with Crippen LogP contribution in [-0.4, -0.2) is 39.6 Å². The molecule has 1 atom stereocenters. The Labute approximate surface area is 116 Å². The highest BCUT2D eigenvalue weighted by Crippen LogP contribution is 2.16. The summed E-state index contributed by atoms with van der Waals surface area (Å²) in [5, 5.41) is 0. The van der Waals surface area contributed by atoms with E-state index in [1.807, 2.05) is 30.3 Å². The molecule has 1 aliphatic rings. The van der Waals surface area contributed by atoms with Gasteiger partial charge in [-0.15, -0.1) is 0 Å². The number of benzene rings is 1. The van der Waals surface area contributed by atoms with Gasteiger partial charge in [-0.1, -0.05) is 30.3 Å². The van der Waals surface area contributed by atoms with E-state index >= 15 is 0 Å². The molecule has 1 aromatic rings. The van der Waals surface area contributed by atoms with E-state index in [1.165, 1.54) is 0 Å². The first kappa shape index (κ1) is 14.2. The zero-order chi connectivity index (χ0) is 13.7. The molecule has 1 unspecified atom stereocenters. The summed E-state index contributed by atoms with van der Waals surface area (Å²) in [4.78, 5) is 13.8. The van der Waals surface area contributed by atoms with Crippen LogP contribution in [0.4, 0.5) is 0 Å². The van der Waals surface area contributed by atoms with E-state index in [0.29, 0.717) is 37.4 Å². The average molecular weight is 280 g/mol. The smallest absolute Gasteiger partial charge is 0.222 e. The van der Waals surface area contributed by atoms with E-state index in [-0.39, 0.29) is 11.9 Å². The molecule has 2 rings (SSSR count). The quantitative estimate of drug-likeness (QED) is 0.897. The maximum atomic E-state index is 12.0. The first-order valence-electron chi connectivity index (χ1n) is 6.60. The summed E-state index contributed by atoms with van der Waals surface area (Å²) < 4.78 is 11.2. The van der Waals surface area contributed by atoms with Crippen molar-refractivity contribution in [2.75, 3.05) is 24.6 Å². The molecule has 1 amide bonds. The molecule has 1 aromatic carbocycles. The van der Waals surface area contributed by atoms with Gasteiger partial charge in [-0.25, -0.2) is 0 Å². The molecule has 0 aliphatic carbocycles. The molecule has 2 N–H and O–H groups in total. The lowest BCUT2D eigenvalue weighted by atomic mass is 10.0. The Hall–Kier alpha value is -1.20. The molecule has 0 radical (unpaired) electrons. The van der Waals surface area contributed by atoms with Crippen LogP contribution in [0.15, 0.2) is 30.3 Å². The molecule has 1 heterocycles. The number of amides is 1. The summed E-state index contributed by atoms with van der Waals surface area (Å²) >= 11 is 0. The monoisotopic (exact) mass is 280 g/mol. The molecule has 5 heteroatoms. The highest BCUT2D eigenvalue weighted by Gasteiger charge is 2.20. The van der Waals surface area contributed by atoms with Gasteiger partial charge in [-0.3, -0.25) is 9.00 Å². The molecule has 4 nitrogen and oxygen atoms in total. The predicted octanol–water partition coefficient (Wildman–Crippen LogP) is 1.06. The van der Waals surface area contributed by atoms with E-state index in [9.17, 15) is 9.00 Å². The maximum absolute atomic E-state index is 12.0. The summed E-state index contributed by atoms with van der Waals surface area (Å²) in [5.41, 5.74) is 7.14. The second kappa shape index (κ2) is 6.82. The van der Waals surface area contributed by atoms with Crippen molar-refractivity contribution in [1.29, 1.82) is 0 Å². The van der Waals surface area contributed by atoms with Crippen molar-refractivity contribution < 1.29 is 9.00 Å². The van der Waals surface area contributed by atoms with E-state index in [0.717, 1.165) is 5.56 Å². The highest BCUT2D eigenvalue weighted by molar-refractivity contribution is 7.85. The lowest BCUT2D eigenvalue weighted by Gasteiger charge is -2.26. The summed E-state index contributed by atoms with van der Waals surface area (Å²) in [6.45, 7) is 1.23. The number of hydrogen-bond acceptors (Lipinski definition) is 3. The van der Waals surface area contributed by atoms with Crippen LogP contribution in [0.2, 0.25) is 0 Å². The average Bonchev–Trinajstić information content (AvgIpc) is 2.46. The van der Waals surface area contributed by atoms with Gasteiger partial charge in [-0.05, 0) is 12.0 Å². The van der Waals surface area contributed by atoms with Gasteiger partial charge in [0.1, 0.15) is 0 Å². The Kier molecular flexibility index (Phi) is 5.10. The third-order valence-corrected chi connectivity index (χ3v) is 4.70. The Bertz CT molecular complexity index is 440. The van der Waals surface area contributed by atoms with Gasteiger partial charge < -0.3 is 10.6 Å². The fourth-order valence-electron chi connectivity index (χ4n) is 2.19. The van der Waals surface area contributed by atoms with Crippen LogP contribution in [0.1, 0.15) is 24.4 Å². The lowest BCUT2D eigenvalue weighted by molar-refractivity contribution is -0.131. The second-order valence-corrected chi connectivity index (χ2v) is 6.48. The lowest BCUT2D eigenvalue weighted by Crippen LogP contribution is -2.41. The summed E-state index contributed by atoms with van der Waals surface area (Å²) in [7, 11) is -0.738. The van der Waals surface area contributed by atoms with Crippen molar-refractivity contribution in [2.24, 2.45) is 5.73 Å². The Balaban J connectivity index is 1.79. The molecule has 0 bridgehead atoms. The normalized spacial score (nSPS) is 18.3. The first-order valence-corrected chi connectivity index (χ1v) is 8.09. The molecule has 19 heavy (non-hydrogen) atoms. The number of carbonyl (C=O) groups is 1. The SMILES string of the molecule is NC(CCC(=O)N1CCS(=O)CC1)c1ccccc1. The van der Waals surface area contributed by atoms with Crippen LogP contribution in [-0.2, 0) is 15.6 Å². The van der Waals surface area contributed by atoms with Gasteiger partial charge in [-0.2, -0.15) is 0 Å². The molecule has 1 aliphatic heterocycles. The fourth-order valence-corrected chi connectivity index (χ4v) is 3.24. The fraction of sp³-hybridized carbons (Fsp3) is 0.500. The van der Waals surface area contributed by atoms with Crippen molar-refractivity contribution in [3.63, 3.8) is 0 Å². The molecular weight excluding hydrogens is 260 g/mol. The summed E-state index contributed by atoms with van der Waals surface area (Å²) in [5.74, 6) is 1.34. The molecule has 1 saturated heterocycles. The highest BCUT2D eigenvalue weighted by atomic mass is 32.2. The van der Waals surface area contributed by atoms with Gasteiger partial charge in [0.25, 0.3) is 0 Å². The van der Waals surface area contributed by atoms with Gasteiger partial charge in [0, 0.05) is 47.9 Å². The van der Waals surface area contributed by atoms with Gasteiger partial charge >= 0.3 is 0 Å². The van der Waals surface area contributed by atoms with E-state index in [1.54, 1.807) is 4.90 Å². The van der Waals surface area contributed by atoms with Crippen molar-refractivity contribution in [3.05, 3.63) is 35.9 Å². The Morgan fingerprint density at radius 1 is 1.26 bits per heavy atom. The van der Waals surface area contributed by atoms with Gasteiger partial charge in [0.2, 0.25) is 5.91 Å². The number of nitrogens with zero attached hydrogens (tertiary/aromatic N) is 1. The Morgan fingerprint density at radius 3 is 2.53 bits per heavy atom. The zero-order valence-corrected chi connectivity index (χ0v) is 11.8. The van der Waals surface area contributed by atoms with Crippen molar-refractivity contribution in [3.8, 4) is 0 Å². The summed E-state index contributed by atoms with van der Waals surface area (Å²) in [6, 6.07) is 9.74. The van der Waals surface area contributed by atoms with Crippen molar-refractivity contribution in [2.45, 2.75) is 18.9 Å². The van der Waals surface area contributed by atoms with Gasteiger partial charge in [0.05, 0.1) is 0 Å². The third-order valence-electron chi connectivity index (χ3n) is 3.43. The van der Waals surface area contributed by atoms with E-state index in [2.05, 4.69) is 0 Å². The molecule has 104 valence electrons. The zero-order valence-electron chi connectivity index (χ0n) is 11.0. The number of hydrogen-bond donors (Lipinski definition) is 1. The molecule has 0 saturated carbocycles. The minimum absolute atomic E-state index is 0.0935. The van der Waals surface area contributed by atoms with Crippen molar-refractivity contribution in [1.82, 2.24) is 4.90 Å². The predicted molar refractivity (Wildman–Crippen MR) is 77.1 cm³/mol. The third kappa shape index (κ3) is 4.14. The number of carbonyl (C=O) groups excluding carboxylic acids is 1. The van der Waals surface area contributed by atoms with Crippen LogP contribution < -0.4 is 5.73 Å². The largest absolute Gasteiger partial charge is 0.341 e. The molecular formula is C14H20N2O2S. The maximum Gasteiger partial charge on any atom is 0.222 e. The minimum atomic E-state index is -0.738. The van der Waals surface area contributed by atoms with Crippen LogP contribution in [0.3, 0.4) is 0 Å². The van der Waals surface area contributed by atoms with Gasteiger partial charge in [0.15, 0.2) is 0 Å². The van der Waals surface area contributed by atoms with Crippen LogP contribution >= 0.6 is 0 Å². The summed E-state index contributed by atoms with van der Waals surface area (Å²) in [6.07, 6.45) is 1.12. The minimum Gasteiger partial charge on any atom is -0.341 e. The second-order valence-electron chi connectivity index (χ2n) is 4.78. The van der Waals surface area contributed by atoms with Crippen molar-refractivity contribution >= 4 is 16.7 Å². The number of nitrogens with two attached hydrogens (primary N) is 1. The standard InChI is InChI=1S/C14H20N2O2S/c15-13(12-4-2-1-3-5-12)6-7-14(17)16-8-10-19(18)11-9-16/h1-5,13H,6-11,15H2. The van der Waals surface area contributed by atoms with Crippen LogP contribution in [0.5, 0.6) is 0 Å². The van der Waals surface area contributed by atoms with Crippen LogP contribution in [0, 0.1) is 0 Å². The first-order chi connectivity index (χ1) is 9.16. The topological polar surface area (TPSA) is 63.4 Å². The van der Waals surface area contributed by atoms with Crippen LogP contribution in [0.25, 0.3) is 0 Å². The van der Waals surface area contributed by atoms with E-state index < -0.39 is 10.8 Å². The van der Waals surface area contributed by atoms with E-state index in [4.69, 9.17) is 5.73 Å². The molecule has 0 aromatic heterocycles. The number of rotatable bonds is 4. The Morgan fingerprint density at radius 2 is 1.89 bits per heavy atom.